The Hall–Kier alpha value is -1.60. The van der Waals surface area contributed by atoms with Crippen molar-refractivity contribution >= 4 is 33.7 Å². The van der Waals surface area contributed by atoms with Gasteiger partial charge in [-0.2, -0.15) is 0 Å². The molecule has 104 valence electrons. The number of ether oxygens (including phenoxy) is 1. The van der Waals surface area contributed by atoms with Gasteiger partial charge in [0.25, 0.3) is 0 Å². The number of benzene rings is 1. The Morgan fingerprint density at radius 1 is 1.42 bits per heavy atom. The summed E-state index contributed by atoms with van der Waals surface area (Å²) in [6.45, 7) is 2.13. The maximum atomic E-state index is 12.0. The number of urea groups is 1. The molecule has 1 rings (SSSR count). The highest BCUT2D eigenvalue weighted by atomic mass is 79.9. The van der Waals surface area contributed by atoms with Crippen molar-refractivity contribution < 1.29 is 14.3 Å². The molecule has 0 spiro atoms. The zero-order valence-corrected chi connectivity index (χ0v) is 12.1. The van der Waals surface area contributed by atoms with E-state index in [0.29, 0.717) is 5.69 Å². The molecule has 19 heavy (non-hydrogen) atoms. The highest BCUT2D eigenvalue weighted by Gasteiger charge is 2.22. The van der Waals surface area contributed by atoms with Crippen molar-refractivity contribution in [2.45, 2.75) is 6.92 Å². The summed E-state index contributed by atoms with van der Waals surface area (Å²) in [5, 5.41) is 2.62. The molecule has 0 saturated heterocycles. The minimum absolute atomic E-state index is 0.0924. The van der Waals surface area contributed by atoms with E-state index in [1.54, 1.807) is 25.1 Å². The first-order chi connectivity index (χ1) is 9.10. The molecular formula is C12H16BrN3O3. The second-order valence-electron chi connectivity index (χ2n) is 3.55. The number of amides is 3. The standard InChI is InChI=1S/C12H16BrN3O3/c1-2-19-12(18)16(8-7-14)11(17)15-10-6-4-3-5-9(10)13/h3-6H,2,7-8,14H2,1H3,(H,15,17). The molecule has 6 nitrogen and oxygen atoms in total. The topological polar surface area (TPSA) is 84.7 Å². The third-order valence-electron chi connectivity index (χ3n) is 2.20. The number of imide groups is 1. The van der Waals surface area contributed by atoms with Crippen LogP contribution < -0.4 is 11.1 Å². The van der Waals surface area contributed by atoms with E-state index >= 15 is 0 Å². The lowest BCUT2D eigenvalue weighted by molar-refractivity contribution is 0.118. The molecule has 0 aliphatic rings. The van der Waals surface area contributed by atoms with Crippen LogP contribution in [0.3, 0.4) is 0 Å². The Kier molecular flexibility index (Phi) is 6.31. The van der Waals surface area contributed by atoms with Crippen molar-refractivity contribution in [3.63, 3.8) is 0 Å². The van der Waals surface area contributed by atoms with E-state index in [4.69, 9.17) is 10.5 Å². The summed E-state index contributed by atoms with van der Waals surface area (Å²) in [7, 11) is 0. The lowest BCUT2D eigenvalue weighted by Gasteiger charge is -2.20. The number of anilines is 1. The predicted molar refractivity (Wildman–Crippen MR) is 75.9 cm³/mol. The number of nitrogens with two attached hydrogens (primary N) is 1. The van der Waals surface area contributed by atoms with Gasteiger partial charge in [-0.05, 0) is 35.0 Å². The first-order valence-corrected chi connectivity index (χ1v) is 6.59. The monoisotopic (exact) mass is 329 g/mol. The van der Waals surface area contributed by atoms with Gasteiger partial charge in [-0.15, -0.1) is 0 Å². The van der Waals surface area contributed by atoms with Crippen molar-refractivity contribution in [1.29, 1.82) is 0 Å². The quantitative estimate of drug-likeness (QED) is 0.888. The van der Waals surface area contributed by atoms with Gasteiger partial charge in [-0.25, -0.2) is 14.5 Å². The molecule has 3 amide bonds. The first-order valence-electron chi connectivity index (χ1n) is 5.80. The van der Waals surface area contributed by atoms with Crippen LogP contribution in [0, 0.1) is 0 Å². The van der Waals surface area contributed by atoms with Gasteiger partial charge in [-0.3, -0.25) is 0 Å². The maximum Gasteiger partial charge on any atom is 0.418 e. The number of carbonyl (C=O) groups excluding carboxylic acids is 2. The summed E-state index contributed by atoms with van der Waals surface area (Å²) in [5.74, 6) is 0. The number of hydrogen-bond acceptors (Lipinski definition) is 4. The SMILES string of the molecule is CCOC(=O)N(CCN)C(=O)Nc1ccccc1Br. The summed E-state index contributed by atoms with van der Waals surface area (Å²) < 4.78 is 5.53. The van der Waals surface area contributed by atoms with Crippen LogP contribution in [-0.4, -0.2) is 36.7 Å². The lowest BCUT2D eigenvalue weighted by atomic mass is 10.3. The van der Waals surface area contributed by atoms with E-state index in [-0.39, 0.29) is 19.7 Å². The number of nitrogens with zero attached hydrogens (tertiary/aromatic N) is 1. The number of nitrogens with one attached hydrogen (secondary N) is 1. The Bertz CT molecular complexity index is 454. The minimum Gasteiger partial charge on any atom is -0.449 e. The molecule has 0 heterocycles. The van der Waals surface area contributed by atoms with Gasteiger partial charge in [0, 0.05) is 17.6 Å². The fraction of sp³-hybridized carbons (Fsp3) is 0.333. The van der Waals surface area contributed by atoms with Gasteiger partial charge < -0.3 is 15.8 Å². The van der Waals surface area contributed by atoms with E-state index in [2.05, 4.69) is 21.2 Å². The Labute approximate surface area is 120 Å². The van der Waals surface area contributed by atoms with Gasteiger partial charge in [-0.1, -0.05) is 12.1 Å². The number of rotatable bonds is 4. The van der Waals surface area contributed by atoms with Gasteiger partial charge in [0.2, 0.25) is 0 Å². The summed E-state index contributed by atoms with van der Waals surface area (Å²) >= 11 is 3.31. The zero-order chi connectivity index (χ0) is 14.3. The summed E-state index contributed by atoms with van der Waals surface area (Å²) in [6, 6.07) is 6.53. The average Bonchev–Trinajstić information content (AvgIpc) is 2.38. The third kappa shape index (κ3) is 4.53. The molecule has 0 bridgehead atoms. The maximum absolute atomic E-state index is 12.0. The Morgan fingerprint density at radius 3 is 2.68 bits per heavy atom. The fourth-order valence-corrected chi connectivity index (χ4v) is 1.74. The number of halogens is 1. The van der Waals surface area contributed by atoms with Gasteiger partial charge in [0.1, 0.15) is 0 Å². The van der Waals surface area contributed by atoms with Gasteiger partial charge >= 0.3 is 12.1 Å². The van der Waals surface area contributed by atoms with Gasteiger partial charge in [0.05, 0.1) is 12.3 Å². The van der Waals surface area contributed by atoms with Crippen molar-refractivity contribution in [2.24, 2.45) is 5.73 Å². The summed E-state index contributed by atoms with van der Waals surface area (Å²) in [4.78, 5) is 24.6. The van der Waals surface area contributed by atoms with Crippen LogP contribution in [0.5, 0.6) is 0 Å². The normalized spacial score (nSPS) is 9.84. The Morgan fingerprint density at radius 2 is 2.11 bits per heavy atom. The highest BCUT2D eigenvalue weighted by molar-refractivity contribution is 9.10. The lowest BCUT2D eigenvalue weighted by Crippen LogP contribution is -2.43. The zero-order valence-electron chi connectivity index (χ0n) is 10.6. The number of hydrogen-bond donors (Lipinski definition) is 2. The first kappa shape index (κ1) is 15.5. The summed E-state index contributed by atoms with van der Waals surface area (Å²) in [5.41, 5.74) is 5.95. The van der Waals surface area contributed by atoms with Crippen LogP contribution in [0.25, 0.3) is 0 Å². The minimum atomic E-state index is -0.711. The molecule has 1 aromatic rings. The third-order valence-corrected chi connectivity index (χ3v) is 2.89. The molecule has 0 fully saturated rings. The van der Waals surface area contributed by atoms with E-state index in [1.165, 1.54) is 0 Å². The summed E-state index contributed by atoms with van der Waals surface area (Å²) in [6.07, 6.45) is -0.711. The van der Waals surface area contributed by atoms with Crippen LogP contribution in [-0.2, 0) is 4.74 Å². The van der Waals surface area contributed by atoms with Crippen molar-refractivity contribution in [3.8, 4) is 0 Å². The van der Waals surface area contributed by atoms with Crippen LogP contribution in [0.2, 0.25) is 0 Å². The van der Waals surface area contributed by atoms with Crippen LogP contribution in [0.1, 0.15) is 6.92 Å². The van der Waals surface area contributed by atoms with E-state index < -0.39 is 12.1 Å². The van der Waals surface area contributed by atoms with Crippen molar-refractivity contribution in [3.05, 3.63) is 28.7 Å². The van der Waals surface area contributed by atoms with Crippen LogP contribution in [0.15, 0.2) is 28.7 Å². The molecule has 3 N–H and O–H groups in total. The van der Waals surface area contributed by atoms with Crippen molar-refractivity contribution in [1.82, 2.24) is 4.90 Å². The van der Waals surface area contributed by atoms with E-state index in [1.807, 2.05) is 6.07 Å². The molecule has 0 aromatic heterocycles. The van der Waals surface area contributed by atoms with Gasteiger partial charge in [0.15, 0.2) is 0 Å². The van der Waals surface area contributed by atoms with Crippen LogP contribution in [0.4, 0.5) is 15.3 Å². The fourth-order valence-electron chi connectivity index (χ4n) is 1.35. The molecule has 7 heteroatoms. The number of para-hydroxylation sites is 1. The van der Waals surface area contributed by atoms with E-state index in [0.717, 1.165) is 9.37 Å². The molecular weight excluding hydrogens is 314 g/mol. The second kappa shape index (κ2) is 7.75. The molecule has 0 aliphatic heterocycles. The highest BCUT2D eigenvalue weighted by Crippen LogP contribution is 2.21. The largest absolute Gasteiger partial charge is 0.449 e. The second-order valence-corrected chi connectivity index (χ2v) is 4.40. The predicted octanol–water partition coefficient (Wildman–Crippen LogP) is 2.40. The van der Waals surface area contributed by atoms with E-state index in [9.17, 15) is 9.59 Å². The molecule has 1 aromatic carbocycles. The smallest absolute Gasteiger partial charge is 0.418 e. The molecule has 0 unspecified atom stereocenters. The molecule has 0 radical (unpaired) electrons. The Balaban J connectivity index is 2.77. The molecule has 0 atom stereocenters. The molecule has 0 saturated carbocycles. The average molecular weight is 330 g/mol. The number of carbonyl (C=O) groups is 2. The van der Waals surface area contributed by atoms with Crippen molar-refractivity contribution in [2.75, 3.05) is 25.0 Å². The van der Waals surface area contributed by atoms with Crippen LogP contribution >= 0.6 is 15.9 Å². The molecule has 0 aliphatic carbocycles.